The lowest BCUT2D eigenvalue weighted by Crippen LogP contribution is -2.39. The number of aryl methyl sites for hydroxylation is 1. The van der Waals surface area contributed by atoms with Crippen LogP contribution in [0.25, 0.3) is 0 Å². The van der Waals surface area contributed by atoms with Gasteiger partial charge < -0.3 is 14.8 Å². The van der Waals surface area contributed by atoms with Gasteiger partial charge >= 0.3 is 0 Å². The second-order valence-corrected chi connectivity index (χ2v) is 6.02. The van der Waals surface area contributed by atoms with Crippen LogP contribution in [-0.4, -0.2) is 45.8 Å². The van der Waals surface area contributed by atoms with Crippen LogP contribution in [0.15, 0.2) is 17.6 Å². The molecule has 23 heavy (non-hydrogen) atoms. The Morgan fingerprint density at radius 2 is 2.26 bits per heavy atom. The zero-order chi connectivity index (χ0) is 16.5. The molecule has 6 heteroatoms. The predicted octanol–water partition coefficient (Wildman–Crippen LogP) is 2.37. The van der Waals surface area contributed by atoms with Crippen molar-refractivity contribution in [1.82, 2.24) is 25.0 Å². The summed E-state index contributed by atoms with van der Waals surface area (Å²) in [6, 6.07) is 0. The number of unbranched alkanes of at least 4 members (excludes halogenated alkanes) is 1. The van der Waals surface area contributed by atoms with E-state index < -0.39 is 0 Å². The Bertz CT molecular complexity index is 519. The summed E-state index contributed by atoms with van der Waals surface area (Å²) < 4.78 is 2.26. The maximum Gasteiger partial charge on any atom is 0.194 e. The number of rotatable bonds is 7. The highest BCUT2D eigenvalue weighted by atomic mass is 15.3. The Kier molecular flexibility index (Phi) is 7.10. The Balaban J connectivity index is 2.02. The molecule has 0 bridgehead atoms. The van der Waals surface area contributed by atoms with Crippen molar-refractivity contribution in [3.05, 3.63) is 24.3 Å². The molecule has 0 unspecified atom stereocenters. The van der Waals surface area contributed by atoms with Gasteiger partial charge in [-0.15, -0.1) is 16.8 Å². The van der Waals surface area contributed by atoms with Gasteiger partial charge in [-0.05, 0) is 32.6 Å². The van der Waals surface area contributed by atoms with Crippen molar-refractivity contribution in [3.8, 4) is 0 Å². The van der Waals surface area contributed by atoms with E-state index in [2.05, 4.69) is 45.5 Å². The third-order valence-corrected chi connectivity index (χ3v) is 4.15. The van der Waals surface area contributed by atoms with Crippen LogP contribution in [0.5, 0.6) is 0 Å². The van der Waals surface area contributed by atoms with Gasteiger partial charge in [-0.3, -0.25) is 0 Å². The number of aliphatic imine (C=N–C) groups is 1. The van der Waals surface area contributed by atoms with E-state index in [-0.39, 0.29) is 0 Å². The number of nitrogens with one attached hydrogen (secondary N) is 1. The minimum absolute atomic E-state index is 0.584. The number of allylic oxidation sites excluding steroid dienone is 1. The van der Waals surface area contributed by atoms with Crippen LogP contribution in [0.3, 0.4) is 0 Å². The lowest BCUT2D eigenvalue weighted by atomic mass is 10.2. The summed E-state index contributed by atoms with van der Waals surface area (Å²) in [7, 11) is 2.08. The summed E-state index contributed by atoms with van der Waals surface area (Å²) in [4.78, 5) is 6.93. The molecule has 0 spiro atoms. The van der Waals surface area contributed by atoms with Crippen molar-refractivity contribution in [2.24, 2.45) is 4.99 Å². The first-order chi connectivity index (χ1) is 11.3. The number of aromatic nitrogens is 3. The van der Waals surface area contributed by atoms with Crippen molar-refractivity contribution >= 4 is 5.96 Å². The highest BCUT2D eigenvalue weighted by Crippen LogP contribution is 2.14. The van der Waals surface area contributed by atoms with Gasteiger partial charge in [0.1, 0.15) is 12.4 Å². The first kappa shape index (κ1) is 17.5. The third kappa shape index (κ3) is 5.08. The molecule has 1 aliphatic heterocycles. The highest BCUT2D eigenvalue weighted by Gasteiger charge is 2.14. The lowest BCUT2D eigenvalue weighted by molar-refractivity contribution is 0.469. The predicted molar refractivity (Wildman–Crippen MR) is 94.5 cm³/mol. The summed E-state index contributed by atoms with van der Waals surface area (Å²) in [5.74, 6) is 3.04. The van der Waals surface area contributed by atoms with Gasteiger partial charge in [0.05, 0.1) is 0 Å². The molecule has 0 atom stereocenters. The molecular weight excluding hydrogens is 288 g/mol. The number of guanidine groups is 1. The van der Waals surface area contributed by atoms with Gasteiger partial charge in [-0.1, -0.05) is 12.5 Å². The fourth-order valence-electron chi connectivity index (χ4n) is 2.86. The van der Waals surface area contributed by atoms with Crippen molar-refractivity contribution in [2.75, 3.05) is 20.1 Å². The van der Waals surface area contributed by atoms with E-state index in [9.17, 15) is 0 Å². The monoisotopic (exact) mass is 318 g/mol. The first-order valence-corrected chi connectivity index (χ1v) is 8.77. The standard InChI is InChI=1S/C17H30N6/c1-4-6-9-12-22(3)17(18-5-2)19-14-16-21-20-15-11-8-7-10-13-23(15)16/h4H,1,5-14H2,2-3H3,(H,18,19). The molecule has 0 amide bonds. The first-order valence-electron chi connectivity index (χ1n) is 8.77. The van der Waals surface area contributed by atoms with Gasteiger partial charge in [0.25, 0.3) is 0 Å². The SMILES string of the molecule is C=CCCCN(C)C(=NCc1nnc2n1CCCCC2)NCC. The molecule has 0 saturated carbocycles. The van der Waals surface area contributed by atoms with Crippen LogP contribution in [0.2, 0.25) is 0 Å². The summed E-state index contributed by atoms with van der Waals surface area (Å²) in [6.45, 7) is 9.31. The van der Waals surface area contributed by atoms with Crippen LogP contribution in [0.1, 0.15) is 50.7 Å². The molecule has 2 rings (SSSR count). The summed E-state index contributed by atoms with van der Waals surface area (Å²) in [5.41, 5.74) is 0. The van der Waals surface area contributed by atoms with Crippen LogP contribution >= 0.6 is 0 Å². The molecule has 1 N–H and O–H groups in total. The molecule has 0 fully saturated rings. The zero-order valence-electron chi connectivity index (χ0n) is 14.6. The molecule has 1 aromatic heterocycles. The number of hydrogen-bond acceptors (Lipinski definition) is 3. The van der Waals surface area contributed by atoms with E-state index in [0.29, 0.717) is 6.54 Å². The summed E-state index contributed by atoms with van der Waals surface area (Å²) >= 11 is 0. The minimum Gasteiger partial charge on any atom is -0.357 e. The molecule has 0 saturated heterocycles. The number of hydrogen-bond donors (Lipinski definition) is 1. The Labute approximate surface area is 139 Å². The molecule has 128 valence electrons. The van der Waals surface area contributed by atoms with Gasteiger partial charge in [-0.25, -0.2) is 4.99 Å². The van der Waals surface area contributed by atoms with E-state index in [1.165, 1.54) is 19.3 Å². The Morgan fingerprint density at radius 3 is 3.04 bits per heavy atom. The van der Waals surface area contributed by atoms with E-state index >= 15 is 0 Å². The maximum atomic E-state index is 4.76. The second-order valence-electron chi connectivity index (χ2n) is 6.02. The molecule has 0 aromatic carbocycles. The average molecular weight is 318 g/mol. The van der Waals surface area contributed by atoms with Crippen LogP contribution in [-0.2, 0) is 19.5 Å². The maximum absolute atomic E-state index is 4.76. The third-order valence-electron chi connectivity index (χ3n) is 4.15. The largest absolute Gasteiger partial charge is 0.357 e. The van der Waals surface area contributed by atoms with E-state index in [0.717, 1.165) is 56.5 Å². The van der Waals surface area contributed by atoms with Crippen molar-refractivity contribution in [2.45, 2.75) is 58.5 Å². The quantitative estimate of drug-likeness (QED) is 0.363. The van der Waals surface area contributed by atoms with E-state index in [1.54, 1.807) is 0 Å². The second kappa shape index (κ2) is 9.33. The van der Waals surface area contributed by atoms with Crippen LogP contribution in [0, 0.1) is 0 Å². The summed E-state index contributed by atoms with van der Waals surface area (Å²) in [6.07, 6.45) is 8.83. The topological polar surface area (TPSA) is 58.3 Å². The molecule has 2 heterocycles. The van der Waals surface area contributed by atoms with Gasteiger partial charge in [-0.2, -0.15) is 0 Å². The van der Waals surface area contributed by atoms with Crippen molar-refractivity contribution in [3.63, 3.8) is 0 Å². The summed E-state index contributed by atoms with van der Waals surface area (Å²) in [5, 5.41) is 12.1. The molecule has 6 nitrogen and oxygen atoms in total. The highest BCUT2D eigenvalue weighted by molar-refractivity contribution is 5.79. The van der Waals surface area contributed by atoms with Crippen LogP contribution in [0.4, 0.5) is 0 Å². The molecular formula is C17H30N6. The molecule has 0 radical (unpaired) electrons. The number of nitrogens with zero attached hydrogens (tertiary/aromatic N) is 5. The number of fused-ring (bicyclic) bond motifs is 1. The Morgan fingerprint density at radius 1 is 1.39 bits per heavy atom. The van der Waals surface area contributed by atoms with Gasteiger partial charge in [0.15, 0.2) is 11.8 Å². The smallest absolute Gasteiger partial charge is 0.194 e. The minimum atomic E-state index is 0.584. The fourth-order valence-corrected chi connectivity index (χ4v) is 2.86. The lowest BCUT2D eigenvalue weighted by Gasteiger charge is -2.21. The van der Waals surface area contributed by atoms with Crippen molar-refractivity contribution in [1.29, 1.82) is 0 Å². The van der Waals surface area contributed by atoms with Gasteiger partial charge in [0, 0.05) is 33.1 Å². The van der Waals surface area contributed by atoms with E-state index in [4.69, 9.17) is 4.99 Å². The average Bonchev–Trinajstić information content (AvgIpc) is 2.78. The van der Waals surface area contributed by atoms with Crippen LogP contribution < -0.4 is 5.32 Å². The van der Waals surface area contributed by atoms with Crippen molar-refractivity contribution < 1.29 is 0 Å². The molecule has 0 aliphatic carbocycles. The molecule has 1 aliphatic rings. The Hall–Kier alpha value is -1.85. The zero-order valence-corrected chi connectivity index (χ0v) is 14.6. The fraction of sp³-hybridized carbons (Fsp3) is 0.706. The van der Waals surface area contributed by atoms with E-state index in [1.807, 2.05) is 6.08 Å². The molecule has 1 aromatic rings. The normalized spacial score (nSPS) is 15.0. The van der Waals surface area contributed by atoms with Gasteiger partial charge in [0.2, 0.25) is 0 Å².